The van der Waals surface area contributed by atoms with Crippen LogP contribution in [0.1, 0.15) is 15.9 Å². The maximum atomic E-state index is 12.9. The molecule has 1 aliphatic rings. The third-order valence-corrected chi connectivity index (χ3v) is 4.50. The van der Waals surface area contributed by atoms with Crippen LogP contribution in [-0.4, -0.2) is 54.3 Å². The number of nitrogens with one attached hydrogen (secondary N) is 2. The molecule has 7 heteroatoms. The van der Waals surface area contributed by atoms with Crippen LogP contribution in [0.15, 0.2) is 54.6 Å². The Hall–Kier alpha value is -2.77. The molecule has 1 fully saturated rings. The molecule has 3 rings (SSSR count). The first-order valence-corrected chi connectivity index (χ1v) is 8.93. The maximum Gasteiger partial charge on any atom is 0.269 e. The number of amides is 2. The normalized spacial score (nSPS) is 15.3. The van der Waals surface area contributed by atoms with Crippen molar-refractivity contribution in [2.45, 2.75) is 6.54 Å². The van der Waals surface area contributed by atoms with Crippen LogP contribution in [0.4, 0.5) is 4.39 Å². The Morgan fingerprint density at radius 2 is 1.48 bits per heavy atom. The fourth-order valence-electron chi connectivity index (χ4n) is 2.99. The number of halogens is 1. The van der Waals surface area contributed by atoms with Crippen LogP contribution in [0.5, 0.6) is 0 Å². The van der Waals surface area contributed by atoms with Gasteiger partial charge in [-0.05, 0) is 29.8 Å². The fraction of sp³-hybridized carbons (Fsp3) is 0.300. The van der Waals surface area contributed by atoms with Crippen LogP contribution in [0.2, 0.25) is 0 Å². The zero-order chi connectivity index (χ0) is 19.1. The predicted octanol–water partition coefficient (Wildman–Crippen LogP) is 1.40. The van der Waals surface area contributed by atoms with Gasteiger partial charge in [0.05, 0.1) is 6.54 Å². The molecule has 142 valence electrons. The number of carbonyl (C=O) groups excluding carboxylic acids is 2. The van der Waals surface area contributed by atoms with Crippen LogP contribution in [0.25, 0.3) is 0 Å². The van der Waals surface area contributed by atoms with Crippen molar-refractivity contribution in [1.82, 2.24) is 20.7 Å². The Morgan fingerprint density at radius 1 is 0.852 bits per heavy atom. The van der Waals surface area contributed by atoms with Gasteiger partial charge in [-0.2, -0.15) is 0 Å². The molecule has 6 nitrogen and oxygen atoms in total. The molecular weight excluding hydrogens is 347 g/mol. The van der Waals surface area contributed by atoms with Gasteiger partial charge in [0.2, 0.25) is 0 Å². The third-order valence-electron chi connectivity index (χ3n) is 4.50. The molecule has 0 spiro atoms. The minimum atomic E-state index is -0.476. The zero-order valence-corrected chi connectivity index (χ0v) is 15.0. The quantitative estimate of drug-likeness (QED) is 0.781. The van der Waals surface area contributed by atoms with Crippen molar-refractivity contribution in [2.24, 2.45) is 0 Å². The molecule has 2 aromatic carbocycles. The molecule has 0 bridgehead atoms. The Bertz CT molecular complexity index is 759. The first-order chi connectivity index (χ1) is 13.1. The fourth-order valence-corrected chi connectivity index (χ4v) is 2.99. The molecular formula is C20H23FN4O2. The summed E-state index contributed by atoms with van der Waals surface area (Å²) in [6, 6.07) is 15.4. The summed E-state index contributed by atoms with van der Waals surface area (Å²) < 4.78 is 12.9. The molecule has 1 heterocycles. The van der Waals surface area contributed by atoms with Gasteiger partial charge in [0.25, 0.3) is 11.8 Å². The van der Waals surface area contributed by atoms with Gasteiger partial charge in [-0.1, -0.05) is 30.3 Å². The Balaban J connectivity index is 1.36. The van der Waals surface area contributed by atoms with Gasteiger partial charge in [-0.15, -0.1) is 0 Å². The molecule has 2 N–H and O–H groups in total. The lowest BCUT2D eigenvalue weighted by Crippen LogP contribution is -2.51. The average molecular weight is 370 g/mol. The van der Waals surface area contributed by atoms with E-state index >= 15 is 0 Å². The van der Waals surface area contributed by atoms with Gasteiger partial charge >= 0.3 is 0 Å². The lowest BCUT2D eigenvalue weighted by Gasteiger charge is -2.34. The van der Waals surface area contributed by atoms with Gasteiger partial charge in [0.15, 0.2) is 0 Å². The van der Waals surface area contributed by atoms with Gasteiger partial charge in [0, 0.05) is 38.3 Å². The van der Waals surface area contributed by atoms with Crippen molar-refractivity contribution in [2.75, 3.05) is 32.7 Å². The summed E-state index contributed by atoms with van der Waals surface area (Å²) in [5.74, 6) is -1.17. The molecule has 2 aromatic rings. The van der Waals surface area contributed by atoms with Crippen LogP contribution in [0.3, 0.4) is 0 Å². The lowest BCUT2D eigenvalue weighted by atomic mass is 10.2. The number of piperazine rings is 1. The number of hydrogen-bond donors (Lipinski definition) is 2. The molecule has 1 saturated heterocycles. The molecule has 0 aliphatic carbocycles. The molecule has 27 heavy (non-hydrogen) atoms. The van der Waals surface area contributed by atoms with E-state index in [1.807, 2.05) is 18.2 Å². The topological polar surface area (TPSA) is 64.7 Å². The van der Waals surface area contributed by atoms with E-state index < -0.39 is 11.7 Å². The number of benzene rings is 2. The number of rotatable bonds is 5. The predicted molar refractivity (Wildman–Crippen MR) is 100 cm³/mol. The molecule has 0 aromatic heterocycles. The highest BCUT2D eigenvalue weighted by atomic mass is 19.1. The van der Waals surface area contributed by atoms with Gasteiger partial charge in [-0.25, -0.2) is 4.39 Å². The first kappa shape index (κ1) is 19.0. The van der Waals surface area contributed by atoms with Crippen molar-refractivity contribution in [3.63, 3.8) is 0 Å². The highest BCUT2D eigenvalue weighted by Crippen LogP contribution is 2.08. The second-order valence-electron chi connectivity index (χ2n) is 6.55. The van der Waals surface area contributed by atoms with Crippen molar-refractivity contribution in [3.05, 3.63) is 71.5 Å². The Morgan fingerprint density at radius 3 is 2.15 bits per heavy atom. The second-order valence-corrected chi connectivity index (χ2v) is 6.55. The monoisotopic (exact) mass is 370 g/mol. The van der Waals surface area contributed by atoms with Gasteiger partial charge in [0.1, 0.15) is 5.82 Å². The highest BCUT2D eigenvalue weighted by molar-refractivity contribution is 5.95. The van der Waals surface area contributed by atoms with Crippen LogP contribution in [0, 0.1) is 5.82 Å². The maximum absolute atomic E-state index is 12.9. The molecule has 0 saturated carbocycles. The number of nitrogens with zero attached hydrogens (tertiary/aromatic N) is 2. The second kappa shape index (κ2) is 9.25. The largest absolute Gasteiger partial charge is 0.297 e. The van der Waals surface area contributed by atoms with Crippen molar-refractivity contribution in [3.8, 4) is 0 Å². The van der Waals surface area contributed by atoms with E-state index in [1.165, 1.54) is 29.8 Å². The molecule has 2 amide bonds. The smallest absolute Gasteiger partial charge is 0.269 e. The van der Waals surface area contributed by atoms with E-state index in [0.717, 1.165) is 32.7 Å². The van der Waals surface area contributed by atoms with Crippen LogP contribution >= 0.6 is 0 Å². The van der Waals surface area contributed by atoms with Crippen molar-refractivity contribution >= 4 is 11.8 Å². The van der Waals surface area contributed by atoms with Crippen LogP contribution in [-0.2, 0) is 11.3 Å². The number of hydrogen-bond acceptors (Lipinski definition) is 4. The summed E-state index contributed by atoms with van der Waals surface area (Å²) in [7, 11) is 0. The van der Waals surface area contributed by atoms with Gasteiger partial charge < -0.3 is 0 Å². The summed E-state index contributed by atoms with van der Waals surface area (Å²) >= 11 is 0. The van der Waals surface area contributed by atoms with Gasteiger partial charge in [-0.3, -0.25) is 30.2 Å². The number of hydrazine groups is 1. The summed E-state index contributed by atoms with van der Waals surface area (Å²) in [6.07, 6.45) is 0. The van der Waals surface area contributed by atoms with E-state index in [4.69, 9.17) is 0 Å². The van der Waals surface area contributed by atoms with Crippen molar-refractivity contribution < 1.29 is 14.0 Å². The number of carbonyl (C=O) groups is 2. The standard InChI is InChI=1S/C20H23FN4O2/c21-18-8-6-17(7-9-18)20(27)23-22-19(26)15-25-12-10-24(11-13-25)14-16-4-2-1-3-5-16/h1-9H,10-15H2,(H,22,26)(H,23,27). The van der Waals surface area contributed by atoms with Crippen LogP contribution < -0.4 is 10.9 Å². The minimum absolute atomic E-state index is 0.225. The van der Waals surface area contributed by atoms with E-state index in [9.17, 15) is 14.0 Å². The molecule has 0 unspecified atom stereocenters. The SMILES string of the molecule is O=C(CN1CCN(Cc2ccccc2)CC1)NNC(=O)c1ccc(F)cc1. The molecule has 0 radical (unpaired) electrons. The molecule has 1 aliphatic heterocycles. The first-order valence-electron chi connectivity index (χ1n) is 8.93. The zero-order valence-electron chi connectivity index (χ0n) is 15.0. The minimum Gasteiger partial charge on any atom is -0.297 e. The Labute approximate surface area is 157 Å². The van der Waals surface area contributed by atoms with E-state index in [1.54, 1.807) is 0 Å². The van der Waals surface area contributed by atoms with E-state index in [-0.39, 0.29) is 18.0 Å². The summed E-state index contributed by atoms with van der Waals surface area (Å²) in [6.45, 7) is 4.52. The molecule has 0 atom stereocenters. The average Bonchev–Trinajstić information content (AvgIpc) is 2.69. The summed E-state index contributed by atoms with van der Waals surface area (Å²) in [5, 5.41) is 0. The summed E-state index contributed by atoms with van der Waals surface area (Å²) in [4.78, 5) is 28.4. The van der Waals surface area contributed by atoms with E-state index in [2.05, 4.69) is 32.8 Å². The highest BCUT2D eigenvalue weighted by Gasteiger charge is 2.19. The lowest BCUT2D eigenvalue weighted by molar-refractivity contribution is -0.123. The van der Waals surface area contributed by atoms with E-state index in [0.29, 0.717) is 0 Å². The third kappa shape index (κ3) is 5.87. The summed E-state index contributed by atoms with van der Waals surface area (Å²) in [5.41, 5.74) is 6.33. The van der Waals surface area contributed by atoms with Crippen molar-refractivity contribution in [1.29, 1.82) is 0 Å². The Kier molecular flexibility index (Phi) is 6.51.